The summed E-state index contributed by atoms with van der Waals surface area (Å²) in [7, 11) is 0. The smallest absolute Gasteiger partial charge is 0.313 e. The molecule has 1 aromatic carbocycles. The number of nitrogens with one attached hydrogen (secondary N) is 2. The summed E-state index contributed by atoms with van der Waals surface area (Å²) < 4.78 is 0. The molecule has 108 valence electrons. The Kier molecular flexibility index (Phi) is 5.01. The Labute approximate surface area is 123 Å². The molecule has 1 aromatic rings. The molecule has 2 rings (SSSR count). The summed E-state index contributed by atoms with van der Waals surface area (Å²) in [5, 5.41) is 5.94. The lowest BCUT2D eigenvalue weighted by Crippen LogP contribution is -2.43. The highest BCUT2D eigenvalue weighted by molar-refractivity contribution is 6.39. The third kappa shape index (κ3) is 4.23. The first-order valence-electron chi connectivity index (χ1n) is 6.92. The minimum Gasteiger partial charge on any atom is -0.345 e. The zero-order chi connectivity index (χ0) is 14.5. The summed E-state index contributed by atoms with van der Waals surface area (Å²) >= 11 is 5.76. The quantitative estimate of drug-likeness (QED) is 0.824. The van der Waals surface area contributed by atoms with E-state index in [-0.39, 0.29) is 6.04 Å². The van der Waals surface area contributed by atoms with E-state index < -0.39 is 11.8 Å². The van der Waals surface area contributed by atoms with Crippen molar-refractivity contribution in [3.05, 3.63) is 29.3 Å². The Hall–Kier alpha value is -1.55. The predicted molar refractivity (Wildman–Crippen MR) is 79.6 cm³/mol. The number of halogens is 1. The van der Waals surface area contributed by atoms with Gasteiger partial charge in [-0.2, -0.15) is 0 Å². The van der Waals surface area contributed by atoms with Gasteiger partial charge < -0.3 is 10.6 Å². The van der Waals surface area contributed by atoms with Crippen LogP contribution < -0.4 is 10.6 Å². The monoisotopic (exact) mass is 294 g/mol. The summed E-state index contributed by atoms with van der Waals surface area (Å²) in [5.74, 6) is -0.489. The molecular formula is C15H19ClN2O2. The Morgan fingerprint density at radius 2 is 1.65 bits per heavy atom. The van der Waals surface area contributed by atoms with Gasteiger partial charge in [0, 0.05) is 16.8 Å². The number of carbonyl (C=O) groups excluding carboxylic acids is 2. The lowest BCUT2D eigenvalue weighted by Gasteiger charge is -2.26. The molecule has 0 spiro atoms. The Balaban J connectivity index is 1.83. The van der Waals surface area contributed by atoms with Crippen molar-refractivity contribution < 1.29 is 9.59 Å². The van der Waals surface area contributed by atoms with Gasteiger partial charge in [-0.1, -0.05) is 18.5 Å². The first-order chi connectivity index (χ1) is 9.54. The Morgan fingerprint density at radius 3 is 2.25 bits per heavy atom. The number of benzene rings is 1. The van der Waals surface area contributed by atoms with E-state index >= 15 is 0 Å². The first-order valence-corrected chi connectivity index (χ1v) is 7.30. The number of hydrogen-bond acceptors (Lipinski definition) is 2. The Morgan fingerprint density at radius 1 is 1.05 bits per heavy atom. The van der Waals surface area contributed by atoms with Crippen LogP contribution in [0.3, 0.4) is 0 Å². The van der Waals surface area contributed by atoms with Crippen molar-refractivity contribution in [2.45, 2.75) is 38.6 Å². The summed E-state index contributed by atoms with van der Waals surface area (Å²) in [6.07, 6.45) is 4.09. The van der Waals surface area contributed by atoms with E-state index in [4.69, 9.17) is 11.6 Å². The van der Waals surface area contributed by atoms with Crippen LogP contribution >= 0.6 is 11.6 Å². The molecule has 0 unspecified atom stereocenters. The van der Waals surface area contributed by atoms with Crippen LogP contribution in [0.5, 0.6) is 0 Å². The van der Waals surface area contributed by atoms with Crippen molar-refractivity contribution in [3.63, 3.8) is 0 Å². The van der Waals surface area contributed by atoms with Crippen LogP contribution in [0.2, 0.25) is 5.02 Å². The van der Waals surface area contributed by atoms with E-state index in [1.807, 2.05) is 0 Å². The zero-order valence-corrected chi connectivity index (χ0v) is 12.2. The third-order valence-corrected chi connectivity index (χ3v) is 3.91. The molecule has 5 heteroatoms. The maximum Gasteiger partial charge on any atom is 0.313 e. The van der Waals surface area contributed by atoms with Gasteiger partial charge in [-0.25, -0.2) is 0 Å². The maximum atomic E-state index is 11.8. The van der Waals surface area contributed by atoms with Crippen LogP contribution in [0, 0.1) is 5.92 Å². The number of carbonyl (C=O) groups is 2. The standard InChI is InChI=1S/C15H19ClN2O2/c1-10-2-6-12(7-3-10)17-14(19)15(20)18-13-8-4-11(16)5-9-13/h4-5,8-10,12H,2-3,6-7H2,1H3,(H,17,19)(H,18,20). The molecule has 2 N–H and O–H groups in total. The summed E-state index contributed by atoms with van der Waals surface area (Å²) in [4.78, 5) is 23.6. The summed E-state index contributed by atoms with van der Waals surface area (Å²) in [5.41, 5.74) is 0.562. The number of hydrogen-bond donors (Lipinski definition) is 2. The minimum atomic E-state index is -0.633. The normalized spacial score (nSPS) is 22.1. The van der Waals surface area contributed by atoms with E-state index in [0.29, 0.717) is 16.6 Å². The van der Waals surface area contributed by atoms with Crippen LogP contribution in [0.4, 0.5) is 5.69 Å². The van der Waals surface area contributed by atoms with Crippen molar-refractivity contribution in [2.24, 2.45) is 5.92 Å². The molecule has 1 fully saturated rings. The fourth-order valence-corrected chi connectivity index (χ4v) is 2.50. The lowest BCUT2D eigenvalue weighted by molar-refractivity contribution is -0.136. The van der Waals surface area contributed by atoms with E-state index in [1.165, 1.54) is 0 Å². The van der Waals surface area contributed by atoms with E-state index in [9.17, 15) is 9.59 Å². The molecule has 20 heavy (non-hydrogen) atoms. The molecule has 0 heterocycles. The number of amides is 2. The van der Waals surface area contributed by atoms with Crippen molar-refractivity contribution in [3.8, 4) is 0 Å². The van der Waals surface area contributed by atoms with Gasteiger partial charge in [0.2, 0.25) is 0 Å². The van der Waals surface area contributed by atoms with Crippen LogP contribution in [-0.4, -0.2) is 17.9 Å². The lowest BCUT2D eigenvalue weighted by atomic mass is 9.87. The first kappa shape index (κ1) is 14.9. The average molecular weight is 295 g/mol. The van der Waals surface area contributed by atoms with Crippen molar-refractivity contribution in [2.75, 3.05) is 5.32 Å². The van der Waals surface area contributed by atoms with E-state index in [0.717, 1.165) is 25.7 Å². The molecule has 0 bridgehead atoms. The van der Waals surface area contributed by atoms with Crippen molar-refractivity contribution in [1.29, 1.82) is 0 Å². The SMILES string of the molecule is CC1CCC(NC(=O)C(=O)Nc2ccc(Cl)cc2)CC1. The van der Waals surface area contributed by atoms with Crippen LogP contribution in [-0.2, 0) is 9.59 Å². The topological polar surface area (TPSA) is 58.2 Å². The molecular weight excluding hydrogens is 276 g/mol. The van der Waals surface area contributed by atoms with Gasteiger partial charge in [-0.3, -0.25) is 9.59 Å². The molecule has 0 aliphatic heterocycles. The maximum absolute atomic E-state index is 11.8. The molecule has 0 atom stereocenters. The second-order valence-corrected chi connectivity index (χ2v) is 5.83. The molecule has 0 aromatic heterocycles. The van der Waals surface area contributed by atoms with Crippen molar-refractivity contribution in [1.82, 2.24) is 5.32 Å². The van der Waals surface area contributed by atoms with E-state index in [1.54, 1.807) is 24.3 Å². The highest BCUT2D eigenvalue weighted by Crippen LogP contribution is 2.23. The van der Waals surface area contributed by atoms with Crippen LogP contribution in [0.15, 0.2) is 24.3 Å². The fraction of sp³-hybridized carbons (Fsp3) is 0.467. The summed E-state index contributed by atoms with van der Waals surface area (Å²) in [6.45, 7) is 2.21. The molecule has 0 saturated heterocycles. The van der Waals surface area contributed by atoms with Crippen molar-refractivity contribution >= 4 is 29.1 Å². The fourth-order valence-electron chi connectivity index (χ4n) is 2.38. The number of rotatable bonds is 2. The van der Waals surface area contributed by atoms with Gasteiger partial charge in [0.15, 0.2) is 0 Å². The van der Waals surface area contributed by atoms with Crippen LogP contribution in [0.1, 0.15) is 32.6 Å². The molecule has 1 saturated carbocycles. The van der Waals surface area contributed by atoms with Gasteiger partial charge >= 0.3 is 11.8 Å². The highest BCUT2D eigenvalue weighted by Gasteiger charge is 2.22. The van der Waals surface area contributed by atoms with Gasteiger partial charge in [0.25, 0.3) is 0 Å². The third-order valence-electron chi connectivity index (χ3n) is 3.66. The second-order valence-electron chi connectivity index (χ2n) is 5.39. The summed E-state index contributed by atoms with van der Waals surface area (Å²) in [6, 6.07) is 6.77. The highest BCUT2D eigenvalue weighted by atomic mass is 35.5. The largest absolute Gasteiger partial charge is 0.345 e. The van der Waals surface area contributed by atoms with Crippen LogP contribution in [0.25, 0.3) is 0 Å². The average Bonchev–Trinajstić information content (AvgIpc) is 2.44. The molecule has 1 aliphatic carbocycles. The van der Waals surface area contributed by atoms with Gasteiger partial charge in [-0.15, -0.1) is 0 Å². The van der Waals surface area contributed by atoms with E-state index in [2.05, 4.69) is 17.6 Å². The van der Waals surface area contributed by atoms with Gasteiger partial charge in [0.1, 0.15) is 0 Å². The molecule has 1 aliphatic rings. The minimum absolute atomic E-state index is 0.120. The number of anilines is 1. The molecule has 4 nitrogen and oxygen atoms in total. The van der Waals surface area contributed by atoms with Gasteiger partial charge in [0.05, 0.1) is 0 Å². The molecule has 2 amide bonds. The second kappa shape index (κ2) is 6.75. The molecule has 0 radical (unpaired) electrons. The zero-order valence-electron chi connectivity index (χ0n) is 11.5. The Bertz CT molecular complexity index is 479. The predicted octanol–water partition coefficient (Wildman–Crippen LogP) is 2.97. The van der Waals surface area contributed by atoms with Gasteiger partial charge in [-0.05, 0) is 55.9 Å².